The number of hydrogen-bond donors (Lipinski definition) is 1. The fourth-order valence-corrected chi connectivity index (χ4v) is 4.80. The van der Waals surface area contributed by atoms with Gasteiger partial charge in [-0.1, -0.05) is 0 Å². The van der Waals surface area contributed by atoms with Gasteiger partial charge in [-0.15, -0.1) is 11.3 Å². The maximum absolute atomic E-state index is 12.6. The largest absolute Gasteiger partial charge is 0.294 e. The highest BCUT2D eigenvalue weighted by Gasteiger charge is 2.26. The fourth-order valence-electron chi connectivity index (χ4n) is 2.22. The maximum atomic E-state index is 12.6. The summed E-state index contributed by atoms with van der Waals surface area (Å²) < 4.78 is 29.3. The van der Waals surface area contributed by atoms with Crippen LogP contribution in [0.5, 0.6) is 0 Å². The van der Waals surface area contributed by atoms with Gasteiger partial charge in [0.1, 0.15) is 9.90 Å². The molecule has 0 saturated heterocycles. The Morgan fingerprint density at radius 1 is 1.43 bits per heavy atom. The average molecular weight is 327 g/mol. The van der Waals surface area contributed by atoms with E-state index in [0.29, 0.717) is 28.5 Å². The number of aromatic nitrogens is 2. The third-order valence-electron chi connectivity index (χ3n) is 3.15. The van der Waals surface area contributed by atoms with Crippen molar-refractivity contribution >= 4 is 32.1 Å². The molecule has 0 bridgehead atoms. The van der Waals surface area contributed by atoms with Gasteiger partial charge in [0.25, 0.3) is 10.0 Å². The lowest BCUT2D eigenvalue weighted by atomic mass is 10.2. The van der Waals surface area contributed by atoms with Gasteiger partial charge in [0.05, 0.1) is 17.0 Å². The van der Waals surface area contributed by atoms with Crippen LogP contribution < -0.4 is 4.72 Å². The minimum atomic E-state index is -3.76. The van der Waals surface area contributed by atoms with E-state index in [-0.39, 0.29) is 10.7 Å². The summed E-state index contributed by atoms with van der Waals surface area (Å²) in [6.45, 7) is 7.29. The second kappa shape index (κ2) is 5.61. The van der Waals surface area contributed by atoms with Crippen LogP contribution in [0.25, 0.3) is 0 Å². The van der Waals surface area contributed by atoms with Crippen LogP contribution in [0.2, 0.25) is 0 Å². The van der Waals surface area contributed by atoms with Crippen molar-refractivity contribution in [1.82, 2.24) is 9.78 Å². The molecule has 0 amide bonds. The van der Waals surface area contributed by atoms with Gasteiger partial charge in [-0.25, -0.2) is 8.42 Å². The standard InChI is InChI=1S/C13H17N3O3S2/c1-5-16-9(3)12(8(2)14-16)21(18,19)15-13-11(10(4)17)6-7-20-13/h6-7,15H,5H2,1-4H3. The van der Waals surface area contributed by atoms with Gasteiger partial charge in [-0.05, 0) is 39.1 Å². The first-order valence-electron chi connectivity index (χ1n) is 6.43. The Morgan fingerprint density at radius 3 is 2.62 bits per heavy atom. The summed E-state index contributed by atoms with van der Waals surface area (Å²) in [6.07, 6.45) is 0. The Hall–Kier alpha value is -1.67. The zero-order valence-electron chi connectivity index (χ0n) is 12.3. The molecule has 21 heavy (non-hydrogen) atoms. The highest BCUT2D eigenvalue weighted by molar-refractivity contribution is 7.93. The summed E-state index contributed by atoms with van der Waals surface area (Å²) in [4.78, 5) is 11.7. The third-order valence-corrected chi connectivity index (χ3v) is 5.72. The maximum Gasteiger partial charge on any atom is 0.266 e. The number of ketones is 1. The number of nitrogens with zero attached hydrogens (tertiary/aromatic N) is 2. The van der Waals surface area contributed by atoms with Crippen molar-refractivity contribution in [3.8, 4) is 0 Å². The minimum absolute atomic E-state index is 0.173. The van der Waals surface area contributed by atoms with Crippen LogP contribution in [0.1, 0.15) is 35.6 Å². The van der Waals surface area contributed by atoms with Crippen LogP contribution in [-0.4, -0.2) is 24.0 Å². The number of nitrogens with one attached hydrogen (secondary N) is 1. The van der Waals surface area contributed by atoms with E-state index in [1.54, 1.807) is 30.0 Å². The van der Waals surface area contributed by atoms with Gasteiger partial charge < -0.3 is 0 Å². The number of aryl methyl sites for hydroxylation is 2. The molecular weight excluding hydrogens is 310 g/mol. The summed E-state index contributed by atoms with van der Waals surface area (Å²) >= 11 is 1.19. The summed E-state index contributed by atoms with van der Waals surface area (Å²) in [5.74, 6) is -0.174. The SMILES string of the molecule is CCn1nc(C)c(S(=O)(=O)Nc2sccc2C(C)=O)c1C. The van der Waals surface area contributed by atoms with Crippen molar-refractivity contribution in [2.24, 2.45) is 0 Å². The molecule has 2 rings (SSSR count). The molecule has 114 valence electrons. The predicted octanol–water partition coefficient (Wildman–Crippen LogP) is 2.58. The van der Waals surface area contributed by atoms with E-state index < -0.39 is 10.0 Å². The highest BCUT2D eigenvalue weighted by Crippen LogP contribution is 2.28. The van der Waals surface area contributed by atoms with E-state index in [0.717, 1.165) is 0 Å². The summed E-state index contributed by atoms with van der Waals surface area (Å²) in [7, 11) is -3.76. The highest BCUT2D eigenvalue weighted by atomic mass is 32.2. The number of rotatable bonds is 5. The number of anilines is 1. The average Bonchev–Trinajstić information content (AvgIpc) is 2.93. The van der Waals surface area contributed by atoms with Crippen molar-refractivity contribution < 1.29 is 13.2 Å². The van der Waals surface area contributed by atoms with Crippen LogP contribution in [0.3, 0.4) is 0 Å². The zero-order chi connectivity index (χ0) is 15.8. The topological polar surface area (TPSA) is 81.1 Å². The molecule has 0 aliphatic rings. The van der Waals surface area contributed by atoms with E-state index in [4.69, 9.17) is 0 Å². The van der Waals surface area contributed by atoms with E-state index in [9.17, 15) is 13.2 Å². The molecular formula is C13H17N3O3S2. The number of thiophene rings is 1. The first-order chi connectivity index (χ1) is 9.77. The Kier molecular flexibility index (Phi) is 4.20. The first-order valence-corrected chi connectivity index (χ1v) is 8.79. The van der Waals surface area contributed by atoms with Gasteiger partial charge >= 0.3 is 0 Å². The van der Waals surface area contributed by atoms with Gasteiger partial charge in [-0.2, -0.15) is 5.10 Å². The molecule has 0 aliphatic heterocycles. The molecule has 2 aromatic heterocycles. The molecule has 8 heteroatoms. The number of carbonyl (C=O) groups excluding carboxylic acids is 1. The molecule has 2 aromatic rings. The summed E-state index contributed by atoms with van der Waals surface area (Å²) in [5.41, 5.74) is 1.41. The Labute approximate surface area is 127 Å². The lowest BCUT2D eigenvalue weighted by Crippen LogP contribution is -2.15. The number of carbonyl (C=O) groups is 1. The van der Waals surface area contributed by atoms with Crippen LogP contribution >= 0.6 is 11.3 Å². The molecule has 0 aliphatic carbocycles. The number of Topliss-reactive ketones (excluding diaryl/α,β-unsaturated/α-hetero) is 1. The molecule has 0 unspecified atom stereocenters. The van der Waals surface area contributed by atoms with Crippen molar-refractivity contribution in [2.45, 2.75) is 39.1 Å². The van der Waals surface area contributed by atoms with Gasteiger partial charge in [0.15, 0.2) is 5.78 Å². The fraction of sp³-hybridized carbons (Fsp3) is 0.385. The summed E-state index contributed by atoms with van der Waals surface area (Å²) in [5, 5.41) is 6.24. The summed E-state index contributed by atoms with van der Waals surface area (Å²) in [6, 6.07) is 1.61. The Balaban J connectivity index is 2.46. The van der Waals surface area contributed by atoms with Crippen LogP contribution in [0.15, 0.2) is 16.3 Å². The number of sulfonamides is 1. The Morgan fingerprint density at radius 2 is 2.10 bits per heavy atom. The van der Waals surface area contributed by atoms with Crippen molar-refractivity contribution in [3.05, 3.63) is 28.4 Å². The molecule has 0 fully saturated rings. The number of hydrogen-bond acceptors (Lipinski definition) is 5. The molecule has 0 spiro atoms. The van der Waals surface area contributed by atoms with Gasteiger partial charge in [0, 0.05) is 6.54 Å². The van der Waals surface area contributed by atoms with Crippen LogP contribution in [-0.2, 0) is 16.6 Å². The monoisotopic (exact) mass is 327 g/mol. The molecule has 0 radical (unpaired) electrons. The lowest BCUT2D eigenvalue weighted by Gasteiger charge is -2.08. The van der Waals surface area contributed by atoms with Gasteiger partial charge in [0.2, 0.25) is 0 Å². The molecule has 6 nitrogen and oxygen atoms in total. The predicted molar refractivity (Wildman–Crippen MR) is 82.5 cm³/mol. The molecule has 0 aromatic carbocycles. The third kappa shape index (κ3) is 2.86. The van der Waals surface area contributed by atoms with E-state index in [1.807, 2.05) is 6.92 Å². The van der Waals surface area contributed by atoms with Crippen LogP contribution in [0.4, 0.5) is 5.00 Å². The van der Waals surface area contributed by atoms with E-state index >= 15 is 0 Å². The van der Waals surface area contributed by atoms with Crippen molar-refractivity contribution in [1.29, 1.82) is 0 Å². The van der Waals surface area contributed by atoms with Gasteiger partial charge in [-0.3, -0.25) is 14.2 Å². The van der Waals surface area contributed by atoms with E-state index in [1.165, 1.54) is 18.3 Å². The molecule has 0 saturated carbocycles. The van der Waals surface area contributed by atoms with Crippen molar-refractivity contribution in [3.63, 3.8) is 0 Å². The normalized spacial score (nSPS) is 11.6. The zero-order valence-corrected chi connectivity index (χ0v) is 13.9. The second-order valence-electron chi connectivity index (χ2n) is 4.64. The first kappa shape index (κ1) is 15.7. The second-order valence-corrected chi connectivity index (χ2v) is 7.18. The van der Waals surface area contributed by atoms with Crippen molar-refractivity contribution in [2.75, 3.05) is 4.72 Å². The lowest BCUT2D eigenvalue weighted by molar-refractivity contribution is 0.101. The molecule has 0 atom stereocenters. The van der Waals surface area contributed by atoms with Crippen LogP contribution in [0, 0.1) is 13.8 Å². The quantitative estimate of drug-likeness (QED) is 0.856. The minimum Gasteiger partial charge on any atom is -0.294 e. The Bertz CT molecular complexity index is 788. The van der Waals surface area contributed by atoms with E-state index in [2.05, 4.69) is 9.82 Å². The smallest absolute Gasteiger partial charge is 0.266 e. The molecule has 2 heterocycles. The molecule has 1 N–H and O–H groups in total.